The lowest BCUT2D eigenvalue weighted by molar-refractivity contribution is -0.122. The molecule has 0 aliphatic carbocycles. The van der Waals surface area contributed by atoms with Crippen LogP contribution in [-0.4, -0.2) is 21.9 Å². The molecule has 156 valence electrons. The molecule has 0 unspecified atom stereocenters. The van der Waals surface area contributed by atoms with Gasteiger partial charge in [0.1, 0.15) is 17.9 Å². The molecule has 4 rings (SSSR count). The van der Waals surface area contributed by atoms with Gasteiger partial charge in [-0.25, -0.2) is 4.98 Å². The average molecular weight is 490 g/mol. The number of aromatic nitrogens is 1. The summed E-state index contributed by atoms with van der Waals surface area (Å²) < 4.78 is 6.29. The van der Waals surface area contributed by atoms with Crippen LogP contribution in [-0.2, 0) is 16.2 Å². The highest BCUT2D eigenvalue weighted by atomic mass is 35.5. The predicted octanol–water partition coefficient (Wildman–Crippen LogP) is 4.86. The fourth-order valence-electron chi connectivity index (χ4n) is 2.87. The molecule has 1 aromatic heterocycles. The molecule has 3 aromatic rings. The minimum Gasteiger partial charge on any atom is -0.487 e. The highest BCUT2D eigenvalue weighted by Crippen LogP contribution is 2.27. The summed E-state index contributed by atoms with van der Waals surface area (Å²) in [6.07, 6.45) is 3.12. The molecule has 2 amide bonds. The Kier molecular flexibility index (Phi) is 6.33. The summed E-state index contributed by atoms with van der Waals surface area (Å²) in [6, 6.07) is 13.7. The largest absolute Gasteiger partial charge is 0.487 e. The van der Waals surface area contributed by atoms with E-state index in [9.17, 15) is 9.59 Å². The Morgan fingerprint density at radius 3 is 2.58 bits per heavy atom. The Labute approximate surface area is 197 Å². The summed E-state index contributed by atoms with van der Waals surface area (Å²) in [4.78, 5) is 31.8. The number of thiocarbonyl (C=S) groups is 1. The zero-order valence-electron chi connectivity index (χ0n) is 15.7. The number of thiazole rings is 1. The van der Waals surface area contributed by atoms with E-state index in [0.717, 1.165) is 4.88 Å². The van der Waals surface area contributed by atoms with Gasteiger partial charge in [0.15, 0.2) is 9.58 Å². The van der Waals surface area contributed by atoms with Gasteiger partial charge in [0.25, 0.3) is 11.8 Å². The molecule has 2 heterocycles. The SMILES string of the molecule is O=C1NC(=S)N(c2ccc(Cl)cc2)C(=O)/C1=C/c1ccccc1OCc1cnc(Cl)s1. The monoisotopic (exact) mass is 489 g/mol. The van der Waals surface area contributed by atoms with Gasteiger partial charge >= 0.3 is 0 Å². The van der Waals surface area contributed by atoms with Crippen molar-refractivity contribution in [1.29, 1.82) is 0 Å². The van der Waals surface area contributed by atoms with Gasteiger partial charge < -0.3 is 4.74 Å². The summed E-state index contributed by atoms with van der Waals surface area (Å²) >= 11 is 18.3. The van der Waals surface area contributed by atoms with Crippen LogP contribution in [0.2, 0.25) is 9.49 Å². The first-order chi connectivity index (χ1) is 14.9. The van der Waals surface area contributed by atoms with Crippen LogP contribution in [0.5, 0.6) is 5.75 Å². The lowest BCUT2D eigenvalue weighted by Crippen LogP contribution is -2.54. The van der Waals surface area contributed by atoms with E-state index in [1.807, 2.05) is 0 Å². The zero-order valence-corrected chi connectivity index (χ0v) is 18.8. The number of nitrogens with one attached hydrogen (secondary N) is 1. The number of hydrogen-bond acceptors (Lipinski definition) is 6. The van der Waals surface area contributed by atoms with Crippen molar-refractivity contribution in [1.82, 2.24) is 10.3 Å². The fraction of sp³-hybridized carbons (Fsp3) is 0.0476. The number of ether oxygens (including phenoxy) is 1. The van der Waals surface area contributed by atoms with Crippen LogP contribution in [0, 0.1) is 0 Å². The molecule has 31 heavy (non-hydrogen) atoms. The van der Waals surface area contributed by atoms with Gasteiger partial charge in [0, 0.05) is 16.8 Å². The van der Waals surface area contributed by atoms with Crippen LogP contribution >= 0.6 is 46.8 Å². The number of para-hydroxylation sites is 1. The summed E-state index contributed by atoms with van der Waals surface area (Å²) in [6.45, 7) is 0.256. The number of carbonyl (C=O) groups excluding carboxylic acids is 2. The standard InChI is InChI=1S/C21H13Cl2N3O3S2/c22-13-5-7-14(8-6-13)26-19(28)16(18(27)25-21(26)30)9-12-3-1-2-4-17(12)29-11-15-10-24-20(23)31-15/h1-10H,11H2,(H,25,27,30)/b16-9+. The van der Waals surface area contributed by atoms with Gasteiger partial charge in [-0.05, 0) is 48.6 Å². The van der Waals surface area contributed by atoms with Crippen molar-refractivity contribution in [2.45, 2.75) is 6.61 Å². The van der Waals surface area contributed by atoms with Gasteiger partial charge in [-0.15, -0.1) is 11.3 Å². The van der Waals surface area contributed by atoms with Crippen LogP contribution in [0.4, 0.5) is 5.69 Å². The predicted molar refractivity (Wildman–Crippen MR) is 126 cm³/mol. The van der Waals surface area contributed by atoms with E-state index in [1.54, 1.807) is 54.7 Å². The Morgan fingerprint density at radius 1 is 1.13 bits per heavy atom. The number of rotatable bonds is 5. The van der Waals surface area contributed by atoms with Crippen molar-refractivity contribution >= 4 is 75.4 Å². The molecule has 6 nitrogen and oxygen atoms in total. The number of halogens is 2. The van der Waals surface area contributed by atoms with Crippen LogP contribution in [0.1, 0.15) is 10.4 Å². The second kappa shape index (κ2) is 9.15. The first-order valence-electron chi connectivity index (χ1n) is 8.91. The molecule has 1 saturated heterocycles. The molecule has 10 heteroatoms. The number of carbonyl (C=O) groups is 2. The van der Waals surface area contributed by atoms with Crippen LogP contribution in [0.25, 0.3) is 6.08 Å². The highest BCUT2D eigenvalue weighted by molar-refractivity contribution is 7.80. The maximum atomic E-state index is 13.1. The third-order valence-corrected chi connectivity index (χ3v) is 5.93. The molecule has 2 aromatic carbocycles. The molecule has 1 fully saturated rings. The number of hydrogen-bond donors (Lipinski definition) is 1. The van der Waals surface area contributed by atoms with Crippen LogP contribution in [0.3, 0.4) is 0 Å². The van der Waals surface area contributed by atoms with Gasteiger partial charge in [-0.3, -0.25) is 19.8 Å². The number of nitrogens with zero attached hydrogens (tertiary/aromatic N) is 2. The highest BCUT2D eigenvalue weighted by Gasteiger charge is 2.34. The summed E-state index contributed by atoms with van der Waals surface area (Å²) in [5, 5.41) is 3.08. The quantitative estimate of drug-likeness (QED) is 0.314. The molecule has 0 saturated carbocycles. The number of benzene rings is 2. The van der Waals surface area contributed by atoms with Gasteiger partial charge in [-0.2, -0.15) is 0 Å². The van der Waals surface area contributed by atoms with Crippen molar-refractivity contribution in [3.63, 3.8) is 0 Å². The Morgan fingerprint density at radius 2 is 1.87 bits per heavy atom. The van der Waals surface area contributed by atoms with Crippen molar-refractivity contribution in [3.05, 3.63) is 80.2 Å². The molecule has 1 aliphatic heterocycles. The summed E-state index contributed by atoms with van der Waals surface area (Å²) in [5.74, 6) is -0.615. The van der Waals surface area contributed by atoms with E-state index >= 15 is 0 Å². The topological polar surface area (TPSA) is 71.5 Å². The number of anilines is 1. The van der Waals surface area contributed by atoms with Gasteiger partial charge in [-0.1, -0.05) is 41.4 Å². The summed E-state index contributed by atoms with van der Waals surface area (Å²) in [7, 11) is 0. The zero-order chi connectivity index (χ0) is 22.0. The van der Waals surface area contributed by atoms with Crippen LogP contribution < -0.4 is 15.0 Å². The maximum absolute atomic E-state index is 13.1. The third kappa shape index (κ3) is 4.77. The van der Waals surface area contributed by atoms with E-state index < -0.39 is 11.8 Å². The second-order valence-electron chi connectivity index (χ2n) is 6.34. The van der Waals surface area contributed by atoms with Crippen molar-refractivity contribution in [2.24, 2.45) is 0 Å². The van der Waals surface area contributed by atoms with Crippen molar-refractivity contribution < 1.29 is 14.3 Å². The smallest absolute Gasteiger partial charge is 0.270 e. The minimum atomic E-state index is -0.579. The minimum absolute atomic E-state index is 0.00100. The van der Waals surface area contributed by atoms with Crippen LogP contribution in [0.15, 0.2) is 60.3 Å². The van der Waals surface area contributed by atoms with E-state index in [-0.39, 0.29) is 17.3 Å². The molecule has 0 radical (unpaired) electrons. The molecular formula is C21H13Cl2N3O3S2. The average Bonchev–Trinajstić information content (AvgIpc) is 3.16. The Bertz CT molecular complexity index is 1210. The Hall–Kier alpha value is -2.78. The first kappa shape index (κ1) is 21.5. The van der Waals surface area contributed by atoms with E-state index in [1.165, 1.54) is 22.3 Å². The second-order valence-corrected chi connectivity index (χ2v) is 8.86. The van der Waals surface area contributed by atoms with Gasteiger partial charge in [0.05, 0.1) is 10.6 Å². The number of amides is 2. The molecule has 0 atom stereocenters. The first-order valence-corrected chi connectivity index (χ1v) is 10.9. The lowest BCUT2D eigenvalue weighted by atomic mass is 10.1. The molecule has 0 spiro atoms. The third-order valence-electron chi connectivity index (χ3n) is 4.30. The van der Waals surface area contributed by atoms with E-state index in [4.69, 9.17) is 40.2 Å². The normalized spacial score (nSPS) is 15.4. The van der Waals surface area contributed by atoms with E-state index in [2.05, 4.69) is 10.3 Å². The molecule has 1 aliphatic rings. The molecule has 0 bridgehead atoms. The van der Waals surface area contributed by atoms with Crippen molar-refractivity contribution in [3.8, 4) is 5.75 Å². The fourth-order valence-corrected chi connectivity index (χ4v) is 4.17. The van der Waals surface area contributed by atoms with E-state index in [0.29, 0.717) is 26.5 Å². The summed E-state index contributed by atoms with van der Waals surface area (Å²) in [5.41, 5.74) is 0.998. The lowest BCUT2D eigenvalue weighted by Gasteiger charge is -2.29. The van der Waals surface area contributed by atoms with Gasteiger partial charge in [0.2, 0.25) is 0 Å². The molecular weight excluding hydrogens is 477 g/mol. The maximum Gasteiger partial charge on any atom is 0.270 e. The molecule has 1 N–H and O–H groups in total. The Balaban J connectivity index is 1.64. The van der Waals surface area contributed by atoms with Crippen molar-refractivity contribution in [2.75, 3.05) is 4.90 Å².